The average Bonchev–Trinajstić information content (AvgIpc) is 2.71. The number of carbonyl (C=O) groups is 1. The van der Waals surface area contributed by atoms with Crippen LogP contribution in [0.3, 0.4) is 0 Å². The molecule has 19 heavy (non-hydrogen) atoms. The van der Waals surface area contributed by atoms with Crippen LogP contribution in [0.2, 0.25) is 0 Å². The maximum atomic E-state index is 11.0. The van der Waals surface area contributed by atoms with Crippen LogP contribution >= 0.6 is 11.8 Å². The summed E-state index contributed by atoms with van der Waals surface area (Å²) in [5.74, 6) is 1.06. The van der Waals surface area contributed by atoms with E-state index in [9.17, 15) is 4.79 Å². The van der Waals surface area contributed by atoms with Gasteiger partial charge in [0, 0.05) is 11.8 Å². The Morgan fingerprint density at radius 2 is 2.26 bits per heavy atom. The van der Waals surface area contributed by atoms with E-state index < -0.39 is 5.97 Å². The topological polar surface area (TPSA) is 55.1 Å². The molecule has 1 unspecified atom stereocenters. The van der Waals surface area contributed by atoms with Gasteiger partial charge < -0.3 is 9.67 Å². The summed E-state index contributed by atoms with van der Waals surface area (Å²) in [6.07, 6.45) is 3.13. The zero-order valence-corrected chi connectivity index (χ0v) is 12.2. The predicted molar refractivity (Wildman–Crippen MR) is 79.1 cm³/mol. The van der Waals surface area contributed by atoms with Crippen molar-refractivity contribution < 1.29 is 9.90 Å². The number of hydrogen-bond acceptors (Lipinski definition) is 3. The lowest BCUT2D eigenvalue weighted by atomic mass is 10.2. The molecular weight excluding hydrogens is 260 g/mol. The first-order chi connectivity index (χ1) is 9.08. The Kier molecular flexibility index (Phi) is 4.14. The van der Waals surface area contributed by atoms with Crippen molar-refractivity contribution in [2.45, 2.75) is 26.3 Å². The average molecular weight is 278 g/mol. The van der Waals surface area contributed by atoms with Gasteiger partial charge in [0.25, 0.3) is 0 Å². The molecule has 0 aliphatic rings. The molecule has 0 saturated carbocycles. The van der Waals surface area contributed by atoms with Crippen molar-refractivity contribution in [1.29, 1.82) is 0 Å². The summed E-state index contributed by atoms with van der Waals surface area (Å²) in [5.41, 5.74) is 2.07. The third kappa shape index (κ3) is 2.61. The van der Waals surface area contributed by atoms with Crippen molar-refractivity contribution in [3.05, 3.63) is 29.6 Å². The van der Waals surface area contributed by atoms with Gasteiger partial charge in [-0.15, -0.1) is 0 Å². The van der Waals surface area contributed by atoms with Crippen LogP contribution in [0.1, 0.15) is 35.6 Å². The predicted octanol–water partition coefficient (Wildman–Crippen LogP) is 3.36. The second-order valence-electron chi connectivity index (χ2n) is 4.56. The Balaban J connectivity index is 2.55. The molecule has 4 nitrogen and oxygen atoms in total. The standard InChI is InChI=1S/C14H18N2O2S/c1-4-11(8-19-3)16-9(2)15-12-7-10(14(17)18)5-6-13(12)16/h5-7,11H,4,8H2,1-3H3,(H,17,18). The highest BCUT2D eigenvalue weighted by Crippen LogP contribution is 2.26. The molecule has 102 valence electrons. The van der Waals surface area contributed by atoms with E-state index in [1.165, 1.54) is 0 Å². The molecule has 1 aromatic carbocycles. The summed E-state index contributed by atoms with van der Waals surface area (Å²) in [4.78, 5) is 15.5. The smallest absolute Gasteiger partial charge is 0.335 e. The SMILES string of the molecule is CCC(CSC)n1c(C)nc2cc(C(=O)O)ccc21. The Morgan fingerprint density at radius 3 is 2.84 bits per heavy atom. The summed E-state index contributed by atoms with van der Waals surface area (Å²) in [6, 6.07) is 5.55. The maximum Gasteiger partial charge on any atom is 0.335 e. The number of nitrogens with zero attached hydrogens (tertiary/aromatic N) is 2. The van der Waals surface area contributed by atoms with Gasteiger partial charge in [-0.2, -0.15) is 11.8 Å². The molecule has 2 aromatic rings. The second-order valence-corrected chi connectivity index (χ2v) is 5.47. The van der Waals surface area contributed by atoms with Gasteiger partial charge in [-0.1, -0.05) is 6.92 Å². The van der Waals surface area contributed by atoms with E-state index in [1.54, 1.807) is 12.1 Å². The highest BCUT2D eigenvalue weighted by molar-refractivity contribution is 7.98. The Morgan fingerprint density at radius 1 is 1.53 bits per heavy atom. The van der Waals surface area contributed by atoms with Gasteiger partial charge in [-0.05, 0) is 37.8 Å². The first-order valence-electron chi connectivity index (χ1n) is 6.29. The van der Waals surface area contributed by atoms with Crippen LogP contribution in [-0.4, -0.2) is 32.6 Å². The van der Waals surface area contributed by atoms with Crippen LogP contribution in [0.5, 0.6) is 0 Å². The van der Waals surface area contributed by atoms with Crippen molar-refractivity contribution in [3.8, 4) is 0 Å². The number of aromatic nitrogens is 2. The third-order valence-electron chi connectivity index (χ3n) is 3.31. The Labute approximate surface area is 116 Å². The molecule has 0 amide bonds. The van der Waals surface area contributed by atoms with Crippen LogP contribution in [0, 0.1) is 6.92 Å². The van der Waals surface area contributed by atoms with Gasteiger partial charge >= 0.3 is 5.97 Å². The minimum absolute atomic E-state index is 0.287. The molecule has 0 radical (unpaired) electrons. The number of carboxylic acids is 1. The number of benzene rings is 1. The van der Waals surface area contributed by atoms with Gasteiger partial charge in [0.05, 0.1) is 16.6 Å². The Hall–Kier alpha value is -1.49. The number of hydrogen-bond donors (Lipinski definition) is 1. The minimum atomic E-state index is -0.912. The number of rotatable bonds is 5. The lowest BCUT2D eigenvalue weighted by Gasteiger charge is -2.18. The fourth-order valence-electron chi connectivity index (χ4n) is 2.38. The first-order valence-corrected chi connectivity index (χ1v) is 7.68. The van der Waals surface area contributed by atoms with Crippen molar-refractivity contribution in [3.63, 3.8) is 0 Å². The number of aryl methyl sites for hydroxylation is 1. The molecule has 0 aliphatic carbocycles. The van der Waals surface area contributed by atoms with Crippen molar-refractivity contribution in [2.75, 3.05) is 12.0 Å². The van der Waals surface area contributed by atoms with E-state index in [0.717, 1.165) is 29.0 Å². The number of aromatic carboxylic acids is 1. The molecule has 5 heteroatoms. The normalized spacial score (nSPS) is 12.8. The van der Waals surface area contributed by atoms with E-state index in [1.807, 2.05) is 24.8 Å². The van der Waals surface area contributed by atoms with E-state index in [4.69, 9.17) is 5.11 Å². The lowest BCUT2D eigenvalue weighted by Crippen LogP contribution is -2.12. The maximum absolute atomic E-state index is 11.0. The molecule has 1 N–H and O–H groups in total. The molecule has 2 rings (SSSR count). The number of imidazole rings is 1. The summed E-state index contributed by atoms with van der Waals surface area (Å²) >= 11 is 1.82. The largest absolute Gasteiger partial charge is 0.478 e. The van der Waals surface area contributed by atoms with E-state index in [-0.39, 0.29) is 5.56 Å². The van der Waals surface area contributed by atoms with E-state index in [2.05, 4.69) is 22.7 Å². The fraction of sp³-hybridized carbons (Fsp3) is 0.429. The summed E-state index contributed by atoms with van der Waals surface area (Å²) in [6.45, 7) is 4.14. The van der Waals surface area contributed by atoms with E-state index in [0.29, 0.717) is 6.04 Å². The molecular formula is C14H18N2O2S. The van der Waals surface area contributed by atoms with Crippen molar-refractivity contribution in [1.82, 2.24) is 9.55 Å². The second kappa shape index (κ2) is 5.65. The van der Waals surface area contributed by atoms with Crippen LogP contribution in [-0.2, 0) is 0 Å². The van der Waals surface area contributed by atoms with Crippen molar-refractivity contribution in [2.24, 2.45) is 0 Å². The molecule has 0 spiro atoms. The molecule has 0 aliphatic heterocycles. The number of fused-ring (bicyclic) bond motifs is 1. The molecule has 0 bridgehead atoms. The highest BCUT2D eigenvalue weighted by Gasteiger charge is 2.16. The zero-order valence-electron chi connectivity index (χ0n) is 11.4. The van der Waals surface area contributed by atoms with Gasteiger partial charge in [-0.25, -0.2) is 9.78 Å². The summed E-state index contributed by atoms with van der Waals surface area (Å²) < 4.78 is 2.22. The van der Waals surface area contributed by atoms with Gasteiger partial charge in [-0.3, -0.25) is 0 Å². The zero-order chi connectivity index (χ0) is 14.0. The van der Waals surface area contributed by atoms with Gasteiger partial charge in [0.2, 0.25) is 0 Å². The minimum Gasteiger partial charge on any atom is -0.478 e. The first kappa shape index (κ1) is 13.9. The summed E-state index contributed by atoms with van der Waals surface area (Å²) in [7, 11) is 0. The third-order valence-corrected chi connectivity index (χ3v) is 4.03. The van der Waals surface area contributed by atoms with Gasteiger partial charge in [0.15, 0.2) is 0 Å². The van der Waals surface area contributed by atoms with Crippen LogP contribution in [0.4, 0.5) is 0 Å². The van der Waals surface area contributed by atoms with Crippen LogP contribution in [0.15, 0.2) is 18.2 Å². The summed E-state index contributed by atoms with van der Waals surface area (Å²) in [5, 5.41) is 9.02. The monoisotopic (exact) mass is 278 g/mol. The quantitative estimate of drug-likeness (QED) is 0.911. The fourth-order valence-corrected chi connectivity index (χ4v) is 3.15. The molecule has 0 fully saturated rings. The van der Waals surface area contributed by atoms with Crippen molar-refractivity contribution >= 4 is 28.8 Å². The van der Waals surface area contributed by atoms with Gasteiger partial charge in [0.1, 0.15) is 5.82 Å². The van der Waals surface area contributed by atoms with Crippen LogP contribution < -0.4 is 0 Å². The lowest BCUT2D eigenvalue weighted by molar-refractivity contribution is 0.0697. The highest BCUT2D eigenvalue weighted by atomic mass is 32.2. The Bertz CT molecular complexity index is 607. The molecule has 1 heterocycles. The molecule has 0 saturated heterocycles. The number of carboxylic acid groups (broad SMARTS) is 1. The molecule has 1 aromatic heterocycles. The molecule has 1 atom stereocenters. The number of thioether (sulfide) groups is 1. The van der Waals surface area contributed by atoms with E-state index >= 15 is 0 Å². The van der Waals surface area contributed by atoms with Crippen LogP contribution in [0.25, 0.3) is 11.0 Å².